The average molecular weight is 295 g/mol. The minimum absolute atomic E-state index is 0.0969. The van der Waals surface area contributed by atoms with Crippen molar-refractivity contribution in [3.63, 3.8) is 0 Å². The summed E-state index contributed by atoms with van der Waals surface area (Å²) >= 11 is 0. The van der Waals surface area contributed by atoms with E-state index in [9.17, 15) is 12.8 Å². The molecule has 0 radical (unpaired) electrons. The highest BCUT2D eigenvalue weighted by atomic mass is 32.2. The van der Waals surface area contributed by atoms with Crippen molar-refractivity contribution in [1.82, 2.24) is 4.72 Å². The molecule has 1 N–H and O–H groups in total. The van der Waals surface area contributed by atoms with Crippen LogP contribution in [-0.2, 0) is 16.6 Å². The van der Waals surface area contributed by atoms with Crippen LogP contribution < -0.4 is 9.46 Å². The van der Waals surface area contributed by atoms with E-state index in [1.165, 1.54) is 25.3 Å². The SMILES string of the molecule is COc1cccc(CNS(=O)(=O)c2cccc(F)c2)c1. The standard InChI is InChI=1S/C14H14FNO3S/c1-19-13-6-2-4-11(8-13)10-16-20(17,18)14-7-3-5-12(15)9-14/h2-9,16H,10H2,1H3. The molecule has 106 valence electrons. The summed E-state index contributed by atoms with van der Waals surface area (Å²) < 4.78 is 44.5. The highest BCUT2D eigenvalue weighted by Gasteiger charge is 2.14. The number of methoxy groups -OCH3 is 1. The van der Waals surface area contributed by atoms with Crippen LogP contribution in [-0.4, -0.2) is 15.5 Å². The summed E-state index contributed by atoms with van der Waals surface area (Å²) in [5, 5.41) is 0. The highest BCUT2D eigenvalue weighted by molar-refractivity contribution is 7.89. The Morgan fingerprint density at radius 3 is 2.60 bits per heavy atom. The molecule has 0 aromatic heterocycles. The van der Waals surface area contributed by atoms with Gasteiger partial charge in [0.25, 0.3) is 0 Å². The molecular weight excluding hydrogens is 281 g/mol. The smallest absolute Gasteiger partial charge is 0.240 e. The summed E-state index contributed by atoms with van der Waals surface area (Å²) in [7, 11) is -2.19. The zero-order valence-corrected chi connectivity index (χ0v) is 11.7. The lowest BCUT2D eigenvalue weighted by Gasteiger charge is -2.08. The van der Waals surface area contributed by atoms with Crippen LogP contribution in [0.4, 0.5) is 4.39 Å². The topological polar surface area (TPSA) is 55.4 Å². The second-order valence-electron chi connectivity index (χ2n) is 4.13. The molecule has 0 amide bonds. The van der Waals surface area contributed by atoms with Crippen molar-refractivity contribution in [2.75, 3.05) is 7.11 Å². The van der Waals surface area contributed by atoms with E-state index >= 15 is 0 Å². The van der Waals surface area contributed by atoms with Gasteiger partial charge in [-0.2, -0.15) is 0 Å². The molecule has 0 aliphatic rings. The molecule has 0 saturated carbocycles. The van der Waals surface area contributed by atoms with E-state index in [0.717, 1.165) is 11.6 Å². The second-order valence-corrected chi connectivity index (χ2v) is 5.90. The van der Waals surface area contributed by atoms with Crippen LogP contribution >= 0.6 is 0 Å². The third kappa shape index (κ3) is 3.55. The molecule has 0 heterocycles. The third-order valence-electron chi connectivity index (χ3n) is 2.71. The molecule has 2 aromatic rings. The van der Waals surface area contributed by atoms with Gasteiger partial charge in [0.05, 0.1) is 12.0 Å². The Morgan fingerprint density at radius 1 is 1.15 bits per heavy atom. The van der Waals surface area contributed by atoms with Gasteiger partial charge in [0, 0.05) is 6.54 Å². The van der Waals surface area contributed by atoms with Crippen LogP contribution in [0.2, 0.25) is 0 Å². The summed E-state index contributed by atoms with van der Waals surface area (Å²) in [6.07, 6.45) is 0. The van der Waals surface area contributed by atoms with Gasteiger partial charge >= 0.3 is 0 Å². The number of sulfonamides is 1. The van der Waals surface area contributed by atoms with Crippen LogP contribution in [0.5, 0.6) is 5.75 Å². The normalized spacial score (nSPS) is 11.3. The Kier molecular flexibility index (Phi) is 4.36. The first kappa shape index (κ1) is 14.5. The maximum atomic E-state index is 13.1. The van der Waals surface area contributed by atoms with Crippen LogP contribution in [0.15, 0.2) is 53.4 Å². The summed E-state index contributed by atoms with van der Waals surface area (Å²) in [6.45, 7) is 0.107. The summed E-state index contributed by atoms with van der Waals surface area (Å²) in [5.74, 6) is 0.0571. The van der Waals surface area contributed by atoms with Gasteiger partial charge in [-0.3, -0.25) is 0 Å². The molecule has 0 aliphatic heterocycles. The molecule has 0 atom stereocenters. The van der Waals surface area contributed by atoms with E-state index in [-0.39, 0.29) is 11.4 Å². The predicted molar refractivity (Wildman–Crippen MR) is 73.4 cm³/mol. The van der Waals surface area contributed by atoms with Gasteiger partial charge in [-0.1, -0.05) is 18.2 Å². The van der Waals surface area contributed by atoms with E-state index < -0.39 is 15.8 Å². The maximum Gasteiger partial charge on any atom is 0.240 e. The molecule has 0 bridgehead atoms. The van der Waals surface area contributed by atoms with Gasteiger partial charge in [-0.25, -0.2) is 17.5 Å². The molecule has 20 heavy (non-hydrogen) atoms. The fourth-order valence-corrected chi connectivity index (χ4v) is 2.73. The molecule has 2 rings (SSSR count). The number of rotatable bonds is 5. The molecule has 0 fully saturated rings. The number of ether oxygens (including phenoxy) is 1. The van der Waals surface area contributed by atoms with E-state index in [1.54, 1.807) is 24.3 Å². The number of hydrogen-bond acceptors (Lipinski definition) is 3. The first-order valence-electron chi connectivity index (χ1n) is 5.89. The van der Waals surface area contributed by atoms with Gasteiger partial charge in [0.1, 0.15) is 11.6 Å². The molecule has 6 heteroatoms. The molecule has 2 aromatic carbocycles. The largest absolute Gasteiger partial charge is 0.497 e. The van der Waals surface area contributed by atoms with Crippen molar-refractivity contribution in [2.45, 2.75) is 11.4 Å². The van der Waals surface area contributed by atoms with Gasteiger partial charge in [-0.05, 0) is 35.9 Å². The lowest BCUT2D eigenvalue weighted by Crippen LogP contribution is -2.23. The van der Waals surface area contributed by atoms with Crippen molar-refractivity contribution in [2.24, 2.45) is 0 Å². The molecular formula is C14H14FNO3S. The van der Waals surface area contributed by atoms with Crippen molar-refractivity contribution >= 4 is 10.0 Å². The minimum atomic E-state index is -3.73. The fourth-order valence-electron chi connectivity index (χ4n) is 1.68. The first-order valence-corrected chi connectivity index (χ1v) is 7.38. The fraction of sp³-hybridized carbons (Fsp3) is 0.143. The lowest BCUT2D eigenvalue weighted by atomic mass is 10.2. The predicted octanol–water partition coefficient (Wildman–Crippen LogP) is 2.31. The van der Waals surface area contributed by atoms with Gasteiger partial charge in [0.15, 0.2) is 0 Å². The van der Waals surface area contributed by atoms with Gasteiger partial charge in [0.2, 0.25) is 10.0 Å². The van der Waals surface area contributed by atoms with E-state index in [1.807, 2.05) is 0 Å². The molecule has 0 spiro atoms. The molecule has 4 nitrogen and oxygen atoms in total. The Labute approximate surface area is 117 Å². The van der Waals surface area contributed by atoms with Crippen molar-refractivity contribution < 1.29 is 17.5 Å². The molecule has 0 unspecified atom stereocenters. The van der Waals surface area contributed by atoms with Crippen LogP contribution in [0.25, 0.3) is 0 Å². The first-order chi connectivity index (χ1) is 9.51. The van der Waals surface area contributed by atoms with Gasteiger partial charge in [-0.15, -0.1) is 0 Å². The average Bonchev–Trinajstić information content (AvgIpc) is 2.45. The minimum Gasteiger partial charge on any atom is -0.497 e. The van der Waals surface area contributed by atoms with Crippen LogP contribution in [0, 0.1) is 5.82 Å². The maximum absolute atomic E-state index is 13.1. The summed E-state index contributed by atoms with van der Waals surface area (Å²) in [5.41, 5.74) is 0.754. The van der Waals surface area contributed by atoms with E-state index in [2.05, 4.69) is 4.72 Å². The Hall–Kier alpha value is -1.92. The van der Waals surface area contributed by atoms with Crippen molar-refractivity contribution in [3.05, 3.63) is 59.9 Å². The lowest BCUT2D eigenvalue weighted by molar-refractivity contribution is 0.414. The van der Waals surface area contributed by atoms with Gasteiger partial charge < -0.3 is 4.74 Å². The zero-order chi connectivity index (χ0) is 14.6. The molecule has 0 aliphatic carbocycles. The summed E-state index contributed by atoms with van der Waals surface area (Å²) in [6, 6.07) is 11.9. The summed E-state index contributed by atoms with van der Waals surface area (Å²) in [4.78, 5) is -0.0969. The van der Waals surface area contributed by atoms with Crippen LogP contribution in [0.3, 0.4) is 0 Å². The number of hydrogen-bond donors (Lipinski definition) is 1. The number of nitrogens with one attached hydrogen (secondary N) is 1. The Balaban J connectivity index is 2.13. The van der Waals surface area contributed by atoms with E-state index in [4.69, 9.17) is 4.74 Å². The van der Waals surface area contributed by atoms with Crippen LogP contribution in [0.1, 0.15) is 5.56 Å². The third-order valence-corrected chi connectivity index (χ3v) is 4.11. The monoisotopic (exact) mass is 295 g/mol. The Morgan fingerprint density at radius 2 is 1.90 bits per heavy atom. The number of halogens is 1. The highest BCUT2D eigenvalue weighted by Crippen LogP contribution is 2.14. The number of benzene rings is 2. The zero-order valence-electron chi connectivity index (χ0n) is 10.8. The van der Waals surface area contributed by atoms with Crippen molar-refractivity contribution in [1.29, 1.82) is 0 Å². The van der Waals surface area contributed by atoms with E-state index in [0.29, 0.717) is 5.75 Å². The quantitative estimate of drug-likeness (QED) is 0.921. The second kappa shape index (κ2) is 6.02. The van der Waals surface area contributed by atoms with Crippen molar-refractivity contribution in [3.8, 4) is 5.75 Å². The Bertz CT molecular complexity index is 701. The molecule has 0 saturated heterocycles.